The van der Waals surface area contributed by atoms with E-state index in [9.17, 15) is 0 Å². The number of nitrogens with two attached hydrogens (primary N) is 1. The van der Waals surface area contributed by atoms with Crippen molar-refractivity contribution >= 4 is 5.57 Å². The molecule has 0 unspecified atom stereocenters. The normalized spacial score (nSPS) is 11.3. The van der Waals surface area contributed by atoms with Crippen LogP contribution in [0.25, 0.3) is 5.57 Å². The molecule has 0 fully saturated rings. The van der Waals surface area contributed by atoms with Crippen molar-refractivity contribution in [2.75, 3.05) is 0 Å². The number of hydrogen-bond donors (Lipinski definition) is 1. The van der Waals surface area contributed by atoms with E-state index >= 15 is 0 Å². The highest BCUT2D eigenvalue weighted by molar-refractivity contribution is 5.76. The molecule has 0 saturated heterocycles. The summed E-state index contributed by atoms with van der Waals surface area (Å²) in [7, 11) is 0. The maximum atomic E-state index is 5.88. The molecule has 15 heavy (non-hydrogen) atoms. The van der Waals surface area contributed by atoms with Crippen LogP contribution >= 0.6 is 0 Å². The summed E-state index contributed by atoms with van der Waals surface area (Å²) in [5.74, 6) is 0. The van der Waals surface area contributed by atoms with E-state index in [0.717, 1.165) is 12.1 Å². The monoisotopic (exact) mass is 201 g/mol. The fourth-order valence-corrected chi connectivity index (χ4v) is 1.42. The summed E-state index contributed by atoms with van der Waals surface area (Å²) >= 11 is 0. The van der Waals surface area contributed by atoms with Gasteiger partial charge in [-0.15, -0.1) is 0 Å². The summed E-state index contributed by atoms with van der Waals surface area (Å²) < 4.78 is 0. The predicted molar refractivity (Wildman–Crippen MR) is 67.3 cm³/mol. The van der Waals surface area contributed by atoms with Gasteiger partial charge in [0.15, 0.2) is 0 Å². The summed E-state index contributed by atoms with van der Waals surface area (Å²) in [6.45, 7) is 6.29. The minimum absolute atomic E-state index is 0.892. The third-order valence-electron chi connectivity index (χ3n) is 2.36. The molecule has 0 spiro atoms. The van der Waals surface area contributed by atoms with Gasteiger partial charge in [-0.2, -0.15) is 0 Å². The van der Waals surface area contributed by atoms with Crippen molar-refractivity contribution in [1.29, 1.82) is 0 Å². The maximum absolute atomic E-state index is 5.88. The molecule has 0 saturated carbocycles. The highest BCUT2D eigenvalue weighted by atomic mass is 14.6. The van der Waals surface area contributed by atoms with Gasteiger partial charge in [-0.3, -0.25) is 0 Å². The first-order valence-corrected chi connectivity index (χ1v) is 5.34. The van der Waals surface area contributed by atoms with Gasteiger partial charge < -0.3 is 5.73 Å². The van der Waals surface area contributed by atoms with Crippen molar-refractivity contribution in [3.05, 3.63) is 53.2 Å². The Kier molecular flexibility index (Phi) is 4.17. The van der Waals surface area contributed by atoms with Crippen molar-refractivity contribution < 1.29 is 0 Å². The third-order valence-corrected chi connectivity index (χ3v) is 2.36. The van der Waals surface area contributed by atoms with E-state index < -0.39 is 0 Å². The van der Waals surface area contributed by atoms with Gasteiger partial charge in [0, 0.05) is 5.70 Å². The molecule has 0 atom stereocenters. The lowest BCUT2D eigenvalue weighted by atomic mass is 10.00. The number of rotatable bonds is 3. The third kappa shape index (κ3) is 3.28. The first kappa shape index (κ1) is 11.6. The van der Waals surface area contributed by atoms with Gasteiger partial charge in [0.05, 0.1) is 0 Å². The Morgan fingerprint density at radius 3 is 2.27 bits per heavy atom. The van der Waals surface area contributed by atoms with Crippen molar-refractivity contribution in [3.63, 3.8) is 0 Å². The molecule has 0 radical (unpaired) electrons. The molecule has 0 aromatic heterocycles. The second-order valence-corrected chi connectivity index (χ2v) is 3.85. The Morgan fingerprint density at radius 1 is 1.20 bits per heavy atom. The lowest BCUT2D eigenvalue weighted by molar-refractivity contribution is 1.07. The summed E-state index contributed by atoms with van der Waals surface area (Å²) in [4.78, 5) is 0. The summed E-state index contributed by atoms with van der Waals surface area (Å²) in [5, 5.41) is 0. The van der Waals surface area contributed by atoms with E-state index in [1.165, 1.54) is 16.7 Å². The Bertz CT molecular complexity index is 368. The molecule has 0 heterocycles. The van der Waals surface area contributed by atoms with Gasteiger partial charge in [0.2, 0.25) is 0 Å². The molecule has 2 N–H and O–H groups in total. The lowest BCUT2D eigenvalue weighted by Crippen LogP contribution is -1.96. The van der Waals surface area contributed by atoms with Crippen LogP contribution in [-0.2, 0) is 0 Å². The van der Waals surface area contributed by atoms with E-state index in [2.05, 4.69) is 39.0 Å². The Morgan fingerprint density at radius 2 is 1.80 bits per heavy atom. The average Bonchev–Trinajstić information content (AvgIpc) is 2.26. The SMILES string of the molecule is CC/C(N)=C\C(=C(C)C)c1ccccc1. The first-order valence-electron chi connectivity index (χ1n) is 5.34. The molecule has 1 rings (SSSR count). The summed E-state index contributed by atoms with van der Waals surface area (Å²) in [5.41, 5.74) is 10.6. The van der Waals surface area contributed by atoms with E-state index in [1.54, 1.807) is 0 Å². The predicted octanol–water partition coefficient (Wildman–Crippen LogP) is 3.73. The molecule has 0 aliphatic rings. The summed E-state index contributed by atoms with van der Waals surface area (Å²) in [6.07, 6.45) is 2.97. The van der Waals surface area contributed by atoms with Gasteiger partial charge in [0.1, 0.15) is 0 Å². The first-order chi connectivity index (χ1) is 7.15. The van der Waals surface area contributed by atoms with E-state index in [0.29, 0.717) is 0 Å². The van der Waals surface area contributed by atoms with E-state index in [4.69, 9.17) is 5.73 Å². The lowest BCUT2D eigenvalue weighted by Gasteiger charge is -2.07. The number of allylic oxidation sites excluding steroid dienone is 4. The minimum Gasteiger partial charge on any atom is -0.402 e. The van der Waals surface area contributed by atoms with E-state index in [-0.39, 0.29) is 0 Å². The zero-order chi connectivity index (χ0) is 11.3. The zero-order valence-electron chi connectivity index (χ0n) is 9.75. The standard InChI is InChI=1S/C14H19N/c1-4-13(15)10-14(11(2)3)12-8-6-5-7-9-12/h5-10H,4,15H2,1-3H3/b13-10+. The molecule has 80 valence electrons. The van der Waals surface area contributed by atoms with Crippen molar-refractivity contribution in [3.8, 4) is 0 Å². The van der Waals surface area contributed by atoms with Gasteiger partial charge in [0.25, 0.3) is 0 Å². The quantitative estimate of drug-likeness (QED) is 0.741. The van der Waals surface area contributed by atoms with Crippen molar-refractivity contribution in [2.24, 2.45) is 5.73 Å². The molecule has 0 aliphatic carbocycles. The van der Waals surface area contributed by atoms with E-state index in [1.807, 2.05) is 18.2 Å². The molecule has 0 aliphatic heterocycles. The molecule has 0 bridgehead atoms. The van der Waals surface area contributed by atoms with Gasteiger partial charge in [-0.1, -0.05) is 42.8 Å². The van der Waals surface area contributed by atoms with Crippen LogP contribution < -0.4 is 5.73 Å². The van der Waals surface area contributed by atoms with Crippen LogP contribution in [0.15, 0.2) is 47.7 Å². The smallest absolute Gasteiger partial charge is 0.00838 e. The zero-order valence-corrected chi connectivity index (χ0v) is 9.75. The van der Waals surface area contributed by atoms with Gasteiger partial charge >= 0.3 is 0 Å². The van der Waals surface area contributed by atoms with Crippen molar-refractivity contribution in [2.45, 2.75) is 27.2 Å². The highest BCUT2D eigenvalue weighted by Gasteiger charge is 2.00. The molecular formula is C14H19N. The van der Waals surface area contributed by atoms with Crippen LogP contribution in [0, 0.1) is 0 Å². The fraction of sp³-hybridized carbons (Fsp3) is 0.286. The van der Waals surface area contributed by atoms with Crippen molar-refractivity contribution in [1.82, 2.24) is 0 Å². The van der Waals surface area contributed by atoms with Crippen LogP contribution in [0.2, 0.25) is 0 Å². The summed E-state index contributed by atoms with van der Waals surface area (Å²) in [6, 6.07) is 10.4. The van der Waals surface area contributed by atoms with Crippen LogP contribution in [0.1, 0.15) is 32.8 Å². The maximum Gasteiger partial charge on any atom is 0.00838 e. The Labute approximate surface area is 92.3 Å². The largest absolute Gasteiger partial charge is 0.402 e. The highest BCUT2D eigenvalue weighted by Crippen LogP contribution is 2.20. The number of benzene rings is 1. The Hall–Kier alpha value is -1.50. The number of hydrogen-bond acceptors (Lipinski definition) is 1. The Balaban J connectivity index is 3.13. The molecule has 1 nitrogen and oxygen atoms in total. The topological polar surface area (TPSA) is 26.0 Å². The minimum atomic E-state index is 0.892. The van der Waals surface area contributed by atoms with Gasteiger partial charge in [-0.25, -0.2) is 0 Å². The molecule has 1 heteroatoms. The van der Waals surface area contributed by atoms with Crippen LogP contribution in [0.4, 0.5) is 0 Å². The second kappa shape index (κ2) is 5.40. The van der Waals surface area contributed by atoms with Crippen LogP contribution in [0.3, 0.4) is 0 Å². The molecule has 0 amide bonds. The molecule has 1 aromatic rings. The van der Waals surface area contributed by atoms with Gasteiger partial charge in [-0.05, 0) is 37.5 Å². The molecule has 1 aromatic carbocycles. The fourth-order valence-electron chi connectivity index (χ4n) is 1.42. The second-order valence-electron chi connectivity index (χ2n) is 3.85. The molecular weight excluding hydrogens is 182 g/mol. The van der Waals surface area contributed by atoms with Crippen LogP contribution in [-0.4, -0.2) is 0 Å². The van der Waals surface area contributed by atoms with Crippen LogP contribution in [0.5, 0.6) is 0 Å². The average molecular weight is 201 g/mol.